The van der Waals surface area contributed by atoms with Crippen molar-refractivity contribution in [2.45, 2.75) is 12.8 Å². The second kappa shape index (κ2) is 4.99. The van der Waals surface area contributed by atoms with Crippen LogP contribution in [-0.4, -0.2) is 26.8 Å². The van der Waals surface area contributed by atoms with E-state index in [0.717, 1.165) is 12.8 Å². The highest BCUT2D eigenvalue weighted by molar-refractivity contribution is 5.60. The molecule has 2 aromatic rings. The summed E-state index contributed by atoms with van der Waals surface area (Å²) in [5.74, 6) is 0.378. The number of hydrogen-bond donors (Lipinski definition) is 1. The van der Waals surface area contributed by atoms with Crippen molar-refractivity contribution in [3.63, 3.8) is 0 Å². The van der Waals surface area contributed by atoms with E-state index in [9.17, 15) is 0 Å². The number of benzene rings is 1. The van der Waals surface area contributed by atoms with Gasteiger partial charge in [0.15, 0.2) is 0 Å². The summed E-state index contributed by atoms with van der Waals surface area (Å²) in [6, 6.07) is 10.3. The molecule has 0 atom stereocenters. The third kappa shape index (κ3) is 2.98. The first-order chi connectivity index (χ1) is 7.45. The lowest BCUT2D eigenvalue weighted by molar-refractivity contribution is 0.881. The molecule has 0 unspecified atom stereocenters. The van der Waals surface area contributed by atoms with Crippen LogP contribution in [0.1, 0.15) is 12.0 Å². The van der Waals surface area contributed by atoms with Crippen LogP contribution in [0.25, 0.3) is 0 Å². The fourth-order valence-electron chi connectivity index (χ4n) is 1.23. The smallest absolute Gasteiger partial charge is 0.221 e. The summed E-state index contributed by atoms with van der Waals surface area (Å²) in [6.45, 7) is 0. The van der Waals surface area contributed by atoms with E-state index in [4.69, 9.17) is 0 Å². The topological polar surface area (TPSA) is 66.8 Å². The van der Waals surface area contributed by atoms with Gasteiger partial charge in [0, 0.05) is 6.21 Å². The second-order valence-corrected chi connectivity index (χ2v) is 3.05. The zero-order valence-corrected chi connectivity index (χ0v) is 8.17. The molecule has 2 rings (SSSR count). The molecule has 0 spiro atoms. The Kier molecular flexibility index (Phi) is 3.17. The lowest BCUT2D eigenvalue weighted by Crippen LogP contribution is -1.85. The van der Waals surface area contributed by atoms with Crippen molar-refractivity contribution in [3.8, 4) is 0 Å². The van der Waals surface area contributed by atoms with Crippen molar-refractivity contribution in [3.05, 3.63) is 35.9 Å². The van der Waals surface area contributed by atoms with Gasteiger partial charge in [-0.05, 0) is 23.6 Å². The monoisotopic (exact) mass is 201 g/mol. The van der Waals surface area contributed by atoms with Gasteiger partial charge >= 0.3 is 0 Å². The lowest BCUT2D eigenvalue weighted by atomic mass is 10.1. The van der Waals surface area contributed by atoms with Crippen LogP contribution in [0, 0.1) is 0 Å². The molecule has 1 heterocycles. The van der Waals surface area contributed by atoms with Gasteiger partial charge in [-0.1, -0.05) is 35.4 Å². The van der Waals surface area contributed by atoms with Crippen molar-refractivity contribution in [2.24, 2.45) is 4.99 Å². The van der Waals surface area contributed by atoms with Crippen molar-refractivity contribution in [1.29, 1.82) is 0 Å². The van der Waals surface area contributed by atoms with E-state index in [1.165, 1.54) is 5.56 Å². The number of rotatable bonds is 4. The second-order valence-electron chi connectivity index (χ2n) is 3.05. The Morgan fingerprint density at radius 2 is 2.13 bits per heavy atom. The maximum Gasteiger partial charge on any atom is 0.288 e. The molecule has 0 radical (unpaired) electrons. The number of nitrogens with zero attached hydrogens (tertiary/aromatic N) is 4. The number of aromatic nitrogens is 4. The van der Waals surface area contributed by atoms with Crippen LogP contribution in [0.15, 0.2) is 35.3 Å². The summed E-state index contributed by atoms with van der Waals surface area (Å²) in [4.78, 5) is 4.04. The van der Waals surface area contributed by atoms with E-state index in [-0.39, 0.29) is 0 Å². The molecule has 15 heavy (non-hydrogen) atoms. The summed E-state index contributed by atoms with van der Waals surface area (Å²) < 4.78 is 0. The van der Waals surface area contributed by atoms with Gasteiger partial charge in [-0.2, -0.15) is 5.21 Å². The van der Waals surface area contributed by atoms with Crippen LogP contribution in [0.5, 0.6) is 0 Å². The minimum Gasteiger partial charge on any atom is -0.221 e. The van der Waals surface area contributed by atoms with E-state index < -0.39 is 0 Å². The van der Waals surface area contributed by atoms with Gasteiger partial charge in [-0.3, -0.25) is 0 Å². The quantitative estimate of drug-likeness (QED) is 0.763. The van der Waals surface area contributed by atoms with Gasteiger partial charge in [-0.25, -0.2) is 4.99 Å². The van der Waals surface area contributed by atoms with Gasteiger partial charge < -0.3 is 0 Å². The Morgan fingerprint density at radius 1 is 1.27 bits per heavy atom. The Morgan fingerprint density at radius 3 is 2.87 bits per heavy atom. The zero-order valence-electron chi connectivity index (χ0n) is 8.17. The molecule has 0 aliphatic carbocycles. The normalized spacial score (nSPS) is 10.9. The maximum atomic E-state index is 4.04. The number of aryl methyl sites for hydroxylation is 1. The van der Waals surface area contributed by atoms with Crippen LogP contribution in [0.2, 0.25) is 0 Å². The summed E-state index contributed by atoms with van der Waals surface area (Å²) in [6.07, 6.45) is 3.65. The van der Waals surface area contributed by atoms with Crippen molar-refractivity contribution in [1.82, 2.24) is 20.6 Å². The van der Waals surface area contributed by atoms with E-state index >= 15 is 0 Å². The number of hydrogen-bond acceptors (Lipinski definition) is 4. The van der Waals surface area contributed by atoms with Gasteiger partial charge in [0.1, 0.15) is 0 Å². The molecule has 5 heteroatoms. The van der Waals surface area contributed by atoms with Crippen LogP contribution < -0.4 is 0 Å². The van der Waals surface area contributed by atoms with Crippen molar-refractivity contribution in [2.75, 3.05) is 0 Å². The van der Waals surface area contributed by atoms with Crippen molar-refractivity contribution >= 4 is 12.2 Å². The molecule has 1 aromatic heterocycles. The summed E-state index contributed by atoms with van der Waals surface area (Å²) in [5.41, 5.74) is 1.30. The van der Waals surface area contributed by atoms with Crippen LogP contribution in [0.4, 0.5) is 5.95 Å². The predicted molar refractivity (Wildman–Crippen MR) is 57.1 cm³/mol. The largest absolute Gasteiger partial charge is 0.288 e. The fraction of sp³-hybridized carbons (Fsp3) is 0.200. The molecule has 0 amide bonds. The van der Waals surface area contributed by atoms with Crippen LogP contribution in [0.3, 0.4) is 0 Å². The standard InChI is InChI=1S/C10H11N5/c1-2-5-9(6-3-1)7-4-8-11-10-12-14-15-13-10/h1-3,5-6,8H,4,7H2,(H,12,13,14,15). The average molecular weight is 201 g/mol. The van der Waals surface area contributed by atoms with Gasteiger partial charge in [-0.15, -0.1) is 5.10 Å². The lowest BCUT2D eigenvalue weighted by Gasteiger charge is -1.95. The molecular formula is C10H11N5. The summed E-state index contributed by atoms with van der Waals surface area (Å²) in [5, 5.41) is 13.2. The number of H-pyrrole nitrogens is 1. The molecule has 76 valence electrons. The van der Waals surface area contributed by atoms with E-state index in [1.807, 2.05) is 18.2 Å². The third-order valence-corrected chi connectivity index (χ3v) is 1.95. The Bertz CT molecular complexity index is 407. The SMILES string of the molecule is C(CCc1ccccc1)=Nc1nn[nH]n1. The van der Waals surface area contributed by atoms with Gasteiger partial charge in [0.2, 0.25) is 0 Å². The zero-order chi connectivity index (χ0) is 10.3. The molecule has 0 bridgehead atoms. The average Bonchev–Trinajstić information content (AvgIpc) is 2.79. The number of nitrogens with one attached hydrogen (secondary N) is 1. The number of aliphatic imine (C=N–C) groups is 1. The third-order valence-electron chi connectivity index (χ3n) is 1.95. The molecule has 5 nitrogen and oxygen atoms in total. The molecule has 0 saturated heterocycles. The first-order valence-corrected chi connectivity index (χ1v) is 4.75. The highest BCUT2D eigenvalue weighted by Gasteiger charge is 1.91. The summed E-state index contributed by atoms with van der Waals surface area (Å²) >= 11 is 0. The van der Waals surface area contributed by atoms with Crippen molar-refractivity contribution < 1.29 is 0 Å². The molecule has 0 fully saturated rings. The number of tetrazole rings is 1. The number of aromatic amines is 1. The van der Waals surface area contributed by atoms with Gasteiger partial charge in [0.05, 0.1) is 0 Å². The highest BCUT2D eigenvalue weighted by atomic mass is 15.5. The Labute approximate surface area is 87.3 Å². The Hall–Kier alpha value is -2.04. The molecule has 1 aromatic carbocycles. The van der Waals surface area contributed by atoms with Crippen LogP contribution >= 0.6 is 0 Å². The molecular weight excluding hydrogens is 190 g/mol. The molecule has 0 saturated carbocycles. The first-order valence-electron chi connectivity index (χ1n) is 4.75. The molecule has 0 aliphatic rings. The molecule has 0 aliphatic heterocycles. The minimum absolute atomic E-state index is 0.378. The highest BCUT2D eigenvalue weighted by Crippen LogP contribution is 2.02. The predicted octanol–water partition coefficient (Wildman–Crippen LogP) is 1.53. The first kappa shape index (κ1) is 9.51. The minimum atomic E-state index is 0.378. The molecule has 1 N–H and O–H groups in total. The van der Waals surface area contributed by atoms with E-state index in [2.05, 4.69) is 37.7 Å². The maximum absolute atomic E-state index is 4.04. The summed E-state index contributed by atoms with van der Waals surface area (Å²) in [7, 11) is 0. The van der Waals surface area contributed by atoms with E-state index in [1.54, 1.807) is 6.21 Å². The Balaban J connectivity index is 1.80. The van der Waals surface area contributed by atoms with Gasteiger partial charge in [0.25, 0.3) is 5.95 Å². The fourth-order valence-corrected chi connectivity index (χ4v) is 1.23. The van der Waals surface area contributed by atoms with Crippen LogP contribution in [-0.2, 0) is 6.42 Å². The van der Waals surface area contributed by atoms with E-state index in [0.29, 0.717) is 5.95 Å².